The molecule has 1 heterocycles. The van der Waals surface area contributed by atoms with Crippen LogP contribution in [0.2, 0.25) is 0 Å². The number of ether oxygens (including phenoxy) is 2. The molecule has 0 aliphatic carbocycles. The summed E-state index contributed by atoms with van der Waals surface area (Å²) in [6.07, 6.45) is 1.34. The molecule has 2 aromatic rings. The molecule has 7 nitrogen and oxygen atoms in total. The number of nitrogens with one attached hydrogen (secondary N) is 1. The molecule has 102 valence electrons. The average Bonchev–Trinajstić information content (AvgIpc) is 2.49. The monoisotopic (exact) mass is 271 g/mol. The van der Waals surface area contributed by atoms with E-state index >= 15 is 0 Å². The first-order valence-electron chi connectivity index (χ1n) is 5.69. The van der Waals surface area contributed by atoms with Gasteiger partial charge in [-0.25, -0.2) is 4.98 Å². The van der Waals surface area contributed by atoms with Gasteiger partial charge in [-0.3, -0.25) is 0 Å². The van der Waals surface area contributed by atoms with E-state index in [0.29, 0.717) is 28.5 Å². The van der Waals surface area contributed by atoms with Gasteiger partial charge in [0.05, 0.1) is 31.5 Å². The van der Waals surface area contributed by atoms with Crippen LogP contribution in [0.1, 0.15) is 5.56 Å². The van der Waals surface area contributed by atoms with Gasteiger partial charge in [0.25, 0.3) is 0 Å². The molecule has 0 spiro atoms. The first kappa shape index (κ1) is 13.4. The highest BCUT2D eigenvalue weighted by Crippen LogP contribution is 2.32. The smallest absolute Gasteiger partial charge is 0.242 e. The van der Waals surface area contributed by atoms with Crippen LogP contribution in [-0.4, -0.2) is 24.2 Å². The minimum atomic E-state index is 0.287. The third kappa shape index (κ3) is 2.54. The van der Waals surface area contributed by atoms with E-state index < -0.39 is 0 Å². The van der Waals surface area contributed by atoms with E-state index in [9.17, 15) is 0 Å². The Morgan fingerprint density at radius 3 is 2.70 bits per heavy atom. The molecule has 1 aromatic heterocycles. The zero-order chi connectivity index (χ0) is 14.5. The molecular weight excluding hydrogens is 258 g/mol. The number of hydrogen-bond acceptors (Lipinski definition) is 7. The third-order valence-corrected chi connectivity index (χ3v) is 2.62. The molecule has 2 rings (SSSR count). The van der Waals surface area contributed by atoms with Crippen LogP contribution in [0.15, 0.2) is 24.5 Å². The molecule has 0 aliphatic rings. The maximum Gasteiger partial charge on any atom is 0.242 e. The lowest BCUT2D eigenvalue weighted by atomic mass is 10.2. The lowest BCUT2D eigenvalue weighted by Gasteiger charge is -2.13. The first-order chi connectivity index (χ1) is 9.69. The third-order valence-electron chi connectivity index (χ3n) is 2.62. The number of nitrogen functional groups attached to an aromatic ring is 1. The van der Waals surface area contributed by atoms with Gasteiger partial charge in [0.15, 0.2) is 5.82 Å². The van der Waals surface area contributed by atoms with E-state index in [1.807, 2.05) is 6.07 Å². The van der Waals surface area contributed by atoms with Crippen LogP contribution >= 0.6 is 0 Å². The molecule has 20 heavy (non-hydrogen) atoms. The predicted molar refractivity (Wildman–Crippen MR) is 74.0 cm³/mol. The van der Waals surface area contributed by atoms with Crippen molar-refractivity contribution in [3.63, 3.8) is 0 Å². The summed E-state index contributed by atoms with van der Waals surface area (Å²) in [4.78, 5) is 7.95. The fraction of sp³-hybridized carbons (Fsp3) is 0.154. The second kappa shape index (κ2) is 5.75. The number of aromatic nitrogens is 2. The predicted octanol–water partition coefficient (Wildman–Crippen LogP) is 1.69. The first-order valence-corrected chi connectivity index (χ1v) is 5.69. The number of anilines is 3. The van der Waals surface area contributed by atoms with E-state index in [2.05, 4.69) is 15.3 Å². The SMILES string of the molecule is COc1cc(C#N)ccc1Nc1ncnc(OC)c1N. The lowest BCUT2D eigenvalue weighted by Crippen LogP contribution is -2.04. The Kier molecular flexibility index (Phi) is 3.86. The van der Waals surface area contributed by atoms with Crippen molar-refractivity contribution in [2.24, 2.45) is 0 Å². The van der Waals surface area contributed by atoms with Crippen LogP contribution in [0.3, 0.4) is 0 Å². The van der Waals surface area contributed by atoms with E-state index in [4.69, 9.17) is 20.5 Å². The Morgan fingerprint density at radius 1 is 1.25 bits per heavy atom. The summed E-state index contributed by atoms with van der Waals surface area (Å²) in [6.45, 7) is 0. The summed E-state index contributed by atoms with van der Waals surface area (Å²) in [5.74, 6) is 1.20. The quantitative estimate of drug-likeness (QED) is 0.871. The summed E-state index contributed by atoms with van der Waals surface area (Å²) in [7, 11) is 3.00. The highest BCUT2D eigenvalue weighted by Gasteiger charge is 2.11. The fourth-order valence-electron chi connectivity index (χ4n) is 1.63. The molecule has 0 unspecified atom stereocenters. The van der Waals surface area contributed by atoms with Crippen molar-refractivity contribution in [1.29, 1.82) is 5.26 Å². The average molecular weight is 271 g/mol. The van der Waals surface area contributed by atoms with E-state index in [-0.39, 0.29) is 5.88 Å². The van der Waals surface area contributed by atoms with Gasteiger partial charge in [0.2, 0.25) is 5.88 Å². The maximum absolute atomic E-state index is 8.87. The molecule has 0 saturated heterocycles. The van der Waals surface area contributed by atoms with Crippen molar-refractivity contribution >= 4 is 17.2 Å². The molecule has 0 aliphatic heterocycles. The molecule has 0 saturated carbocycles. The minimum absolute atomic E-state index is 0.287. The van der Waals surface area contributed by atoms with Crippen LogP contribution < -0.4 is 20.5 Å². The number of hydrogen-bond donors (Lipinski definition) is 2. The largest absolute Gasteiger partial charge is 0.495 e. The van der Waals surface area contributed by atoms with Crippen molar-refractivity contribution in [2.45, 2.75) is 0 Å². The van der Waals surface area contributed by atoms with Gasteiger partial charge in [-0.15, -0.1) is 0 Å². The van der Waals surface area contributed by atoms with Crippen molar-refractivity contribution in [3.8, 4) is 17.7 Å². The van der Waals surface area contributed by atoms with Crippen molar-refractivity contribution in [2.75, 3.05) is 25.3 Å². The Hall–Kier alpha value is -3.01. The van der Waals surface area contributed by atoms with Crippen molar-refractivity contribution in [1.82, 2.24) is 9.97 Å². The highest BCUT2D eigenvalue weighted by atomic mass is 16.5. The Labute approximate surface area is 116 Å². The van der Waals surface area contributed by atoms with E-state index in [1.165, 1.54) is 20.5 Å². The molecule has 1 aromatic carbocycles. The van der Waals surface area contributed by atoms with Gasteiger partial charge >= 0.3 is 0 Å². The number of nitrogens with zero attached hydrogens (tertiary/aromatic N) is 3. The van der Waals surface area contributed by atoms with Gasteiger partial charge in [-0.1, -0.05) is 0 Å². The van der Waals surface area contributed by atoms with Gasteiger partial charge in [0.1, 0.15) is 17.8 Å². The van der Waals surface area contributed by atoms with Crippen LogP contribution in [0.4, 0.5) is 17.2 Å². The zero-order valence-corrected chi connectivity index (χ0v) is 11.0. The minimum Gasteiger partial charge on any atom is -0.495 e. The van der Waals surface area contributed by atoms with Crippen LogP contribution in [-0.2, 0) is 0 Å². The van der Waals surface area contributed by atoms with Gasteiger partial charge in [0, 0.05) is 6.07 Å². The maximum atomic E-state index is 8.87. The summed E-state index contributed by atoms with van der Waals surface area (Å²) < 4.78 is 10.3. The summed E-state index contributed by atoms with van der Waals surface area (Å²) in [5, 5.41) is 11.9. The zero-order valence-electron chi connectivity index (χ0n) is 11.0. The van der Waals surface area contributed by atoms with Crippen LogP contribution in [0.25, 0.3) is 0 Å². The molecule has 0 fully saturated rings. The topological polar surface area (TPSA) is 106 Å². The van der Waals surface area contributed by atoms with Crippen molar-refractivity contribution in [3.05, 3.63) is 30.1 Å². The number of benzene rings is 1. The summed E-state index contributed by atoms with van der Waals surface area (Å²) >= 11 is 0. The lowest BCUT2D eigenvalue weighted by molar-refractivity contribution is 0.399. The van der Waals surface area contributed by atoms with Crippen LogP contribution in [0, 0.1) is 11.3 Å². The fourth-order valence-corrected chi connectivity index (χ4v) is 1.63. The number of methoxy groups -OCH3 is 2. The molecule has 0 bridgehead atoms. The summed E-state index contributed by atoms with van der Waals surface area (Å²) in [6, 6.07) is 7.05. The van der Waals surface area contributed by atoms with E-state index in [1.54, 1.807) is 18.2 Å². The number of nitrogens with two attached hydrogens (primary N) is 1. The van der Waals surface area contributed by atoms with Crippen LogP contribution in [0.5, 0.6) is 11.6 Å². The molecule has 7 heteroatoms. The van der Waals surface area contributed by atoms with Gasteiger partial charge in [-0.2, -0.15) is 10.2 Å². The number of nitriles is 1. The molecule has 0 atom stereocenters. The standard InChI is InChI=1S/C13H13N5O2/c1-19-10-5-8(6-14)3-4-9(10)18-12-11(15)13(20-2)17-7-16-12/h3-5,7H,15H2,1-2H3,(H,16,17,18). The molecular formula is C13H13N5O2. The second-order valence-electron chi connectivity index (χ2n) is 3.80. The van der Waals surface area contributed by atoms with Gasteiger partial charge < -0.3 is 20.5 Å². The molecule has 0 radical (unpaired) electrons. The second-order valence-corrected chi connectivity index (χ2v) is 3.80. The van der Waals surface area contributed by atoms with Gasteiger partial charge in [-0.05, 0) is 12.1 Å². The number of rotatable bonds is 4. The molecule has 0 amide bonds. The highest BCUT2D eigenvalue weighted by molar-refractivity contribution is 5.75. The Bertz CT molecular complexity index is 666. The normalized spacial score (nSPS) is 9.65. The Morgan fingerprint density at radius 2 is 2.05 bits per heavy atom. The Balaban J connectivity index is 2.38. The molecule has 3 N–H and O–H groups in total. The summed E-state index contributed by atoms with van der Waals surface area (Å²) in [5.41, 5.74) is 7.32. The van der Waals surface area contributed by atoms with Crippen molar-refractivity contribution < 1.29 is 9.47 Å². The van der Waals surface area contributed by atoms with E-state index in [0.717, 1.165) is 0 Å².